The second-order valence-electron chi connectivity index (χ2n) is 5.95. The number of fused-ring (bicyclic) bond motifs is 1. The molecule has 0 saturated heterocycles. The maximum absolute atomic E-state index is 12.0. The van der Waals surface area contributed by atoms with Gasteiger partial charge in [-0.1, -0.05) is 6.07 Å². The molecule has 1 aliphatic heterocycles. The van der Waals surface area contributed by atoms with E-state index in [2.05, 4.69) is 10.3 Å². The van der Waals surface area contributed by atoms with Crippen molar-refractivity contribution in [2.75, 3.05) is 27.4 Å². The Labute approximate surface area is 156 Å². The lowest BCUT2D eigenvalue weighted by molar-refractivity contribution is 0.0963. The van der Waals surface area contributed by atoms with Crippen LogP contribution < -0.4 is 19.5 Å². The summed E-state index contributed by atoms with van der Waals surface area (Å²) in [6, 6.07) is 11.0. The number of amides is 1. The Hall–Kier alpha value is -3.48. The van der Waals surface area contributed by atoms with Gasteiger partial charge in [0.25, 0.3) is 5.91 Å². The second kappa shape index (κ2) is 7.03. The number of nitrogens with one attached hydrogen (secondary N) is 1. The molecule has 0 spiro atoms. The van der Waals surface area contributed by atoms with Gasteiger partial charge in [0.15, 0.2) is 11.5 Å². The fourth-order valence-electron chi connectivity index (χ4n) is 3.07. The Morgan fingerprint density at radius 3 is 2.70 bits per heavy atom. The third kappa shape index (κ3) is 3.08. The Morgan fingerprint density at radius 1 is 1.19 bits per heavy atom. The molecule has 1 N–H and O–H groups in total. The van der Waals surface area contributed by atoms with Gasteiger partial charge in [0.2, 0.25) is 0 Å². The zero-order chi connectivity index (χ0) is 18.8. The largest absolute Gasteiger partial charge is 0.496 e. The molecule has 0 aliphatic carbocycles. The quantitative estimate of drug-likeness (QED) is 0.769. The molecular formula is C20H19N3O4. The molecule has 27 heavy (non-hydrogen) atoms. The highest BCUT2D eigenvalue weighted by Crippen LogP contribution is 2.41. The molecule has 138 valence electrons. The lowest BCUT2D eigenvalue weighted by atomic mass is 10.1. The summed E-state index contributed by atoms with van der Waals surface area (Å²) in [5, 5.41) is 2.64. The van der Waals surface area contributed by atoms with Gasteiger partial charge in [0, 0.05) is 36.8 Å². The minimum Gasteiger partial charge on any atom is -0.496 e. The van der Waals surface area contributed by atoms with Gasteiger partial charge in [-0.2, -0.15) is 0 Å². The summed E-state index contributed by atoms with van der Waals surface area (Å²) >= 11 is 0. The van der Waals surface area contributed by atoms with Crippen LogP contribution in [-0.2, 0) is 0 Å². The molecule has 4 rings (SSSR count). The molecule has 0 fully saturated rings. The van der Waals surface area contributed by atoms with Gasteiger partial charge >= 0.3 is 0 Å². The summed E-state index contributed by atoms with van der Waals surface area (Å²) in [5.74, 6) is 2.48. The Balaban J connectivity index is 1.82. The Kier molecular flexibility index (Phi) is 4.42. The van der Waals surface area contributed by atoms with E-state index in [9.17, 15) is 4.79 Å². The monoisotopic (exact) mass is 365 g/mol. The molecule has 1 aromatic heterocycles. The summed E-state index contributed by atoms with van der Waals surface area (Å²) in [5.41, 5.74) is 2.17. The van der Waals surface area contributed by atoms with Gasteiger partial charge in [0.1, 0.15) is 24.8 Å². The molecule has 0 saturated carbocycles. The number of carbonyl (C=O) groups excluding carboxylic acids is 1. The molecule has 7 heteroatoms. The number of nitrogens with zero attached hydrogens (tertiary/aromatic N) is 2. The van der Waals surface area contributed by atoms with Crippen LogP contribution in [-0.4, -0.2) is 42.8 Å². The first-order valence-corrected chi connectivity index (χ1v) is 8.55. The molecule has 0 unspecified atom stereocenters. The van der Waals surface area contributed by atoms with Crippen molar-refractivity contribution in [3.05, 3.63) is 54.4 Å². The molecular weight excluding hydrogens is 346 g/mol. The fraction of sp³-hybridized carbons (Fsp3) is 0.200. The van der Waals surface area contributed by atoms with E-state index in [1.807, 2.05) is 41.1 Å². The SMILES string of the molecule is CNC(=O)c1cccc(-n2ccnc2-c2cc3c(cc2OC)OCCO3)c1. The standard InChI is InChI=1S/C20H19N3O4/c1-21-20(24)13-4-3-5-14(10-13)23-7-6-22-19(23)15-11-17-18(12-16(15)25-2)27-9-8-26-17/h3-7,10-12H,8-9H2,1-2H3,(H,21,24). The van der Waals surface area contributed by atoms with Crippen molar-refractivity contribution in [3.63, 3.8) is 0 Å². The maximum Gasteiger partial charge on any atom is 0.251 e. The predicted octanol–water partition coefficient (Wildman–Crippen LogP) is 2.68. The van der Waals surface area contributed by atoms with Gasteiger partial charge in [-0.3, -0.25) is 9.36 Å². The Bertz CT molecular complexity index is 997. The van der Waals surface area contributed by atoms with Crippen LogP contribution in [0.5, 0.6) is 17.2 Å². The van der Waals surface area contributed by atoms with Crippen molar-refractivity contribution >= 4 is 5.91 Å². The normalized spacial score (nSPS) is 12.5. The average Bonchev–Trinajstić information content (AvgIpc) is 3.22. The molecule has 0 radical (unpaired) electrons. The first kappa shape index (κ1) is 17.0. The molecule has 2 heterocycles. The van der Waals surface area contributed by atoms with Crippen molar-refractivity contribution in [2.45, 2.75) is 0 Å². The number of methoxy groups -OCH3 is 1. The summed E-state index contributed by atoms with van der Waals surface area (Å²) in [6.45, 7) is 1.01. The van der Waals surface area contributed by atoms with Crippen LogP contribution in [0.15, 0.2) is 48.8 Å². The number of hydrogen-bond donors (Lipinski definition) is 1. The van der Waals surface area contributed by atoms with E-state index in [4.69, 9.17) is 14.2 Å². The molecule has 1 aliphatic rings. The minimum absolute atomic E-state index is 0.143. The van der Waals surface area contributed by atoms with Crippen LogP contribution in [0.25, 0.3) is 17.1 Å². The van der Waals surface area contributed by atoms with E-state index in [-0.39, 0.29) is 5.91 Å². The first-order chi connectivity index (χ1) is 13.2. The molecule has 0 bridgehead atoms. The molecule has 2 aromatic carbocycles. The Morgan fingerprint density at radius 2 is 1.96 bits per heavy atom. The van der Waals surface area contributed by atoms with E-state index < -0.39 is 0 Å². The van der Waals surface area contributed by atoms with Gasteiger partial charge in [-0.25, -0.2) is 4.98 Å². The van der Waals surface area contributed by atoms with Crippen LogP contribution in [0.4, 0.5) is 0 Å². The average molecular weight is 365 g/mol. The van der Waals surface area contributed by atoms with Gasteiger partial charge in [-0.15, -0.1) is 0 Å². The zero-order valence-electron chi connectivity index (χ0n) is 15.1. The third-order valence-electron chi connectivity index (χ3n) is 4.36. The van der Waals surface area contributed by atoms with Crippen LogP contribution in [0, 0.1) is 0 Å². The van der Waals surface area contributed by atoms with Gasteiger partial charge < -0.3 is 19.5 Å². The predicted molar refractivity (Wildman–Crippen MR) is 99.9 cm³/mol. The van der Waals surface area contributed by atoms with Crippen LogP contribution in [0.1, 0.15) is 10.4 Å². The van der Waals surface area contributed by atoms with Gasteiger partial charge in [0.05, 0.1) is 12.7 Å². The van der Waals surface area contributed by atoms with E-state index in [1.54, 1.807) is 26.4 Å². The van der Waals surface area contributed by atoms with Crippen molar-refractivity contribution in [1.29, 1.82) is 0 Å². The number of carbonyl (C=O) groups is 1. The zero-order valence-corrected chi connectivity index (χ0v) is 15.1. The molecule has 1 amide bonds. The third-order valence-corrected chi connectivity index (χ3v) is 4.36. The summed E-state index contributed by atoms with van der Waals surface area (Å²) in [4.78, 5) is 16.5. The van der Waals surface area contributed by atoms with E-state index in [1.165, 1.54) is 0 Å². The molecule has 7 nitrogen and oxygen atoms in total. The van der Waals surface area contributed by atoms with Crippen molar-refractivity contribution in [1.82, 2.24) is 14.9 Å². The number of aromatic nitrogens is 2. The number of imidazole rings is 1. The minimum atomic E-state index is -0.143. The van der Waals surface area contributed by atoms with E-state index >= 15 is 0 Å². The van der Waals surface area contributed by atoms with Crippen LogP contribution in [0.3, 0.4) is 0 Å². The maximum atomic E-state index is 12.0. The van der Waals surface area contributed by atoms with Gasteiger partial charge in [-0.05, 0) is 24.3 Å². The lowest BCUT2D eigenvalue weighted by Gasteiger charge is -2.21. The van der Waals surface area contributed by atoms with Crippen molar-refractivity contribution < 1.29 is 19.0 Å². The topological polar surface area (TPSA) is 74.6 Å². The smallest absolute Gasteiger partial charge is 0.251 e. The van der Waals surface area contributed by atoms with E-state index in [0.29, 0.717) is 41.9 Å². The fourth-order valence-corrected chi connectivity index (χ4v) is 3.07. The van der Waals surface area contributed by atoms with Crippen LogP contribution >= 0.6 is 0 Å². The molecule has 3 aromatic rings. The summed E-state index contributed by atoms with van der Waals surface area (Å²) < 4.78 is 18.8. The number of rotatable bonds is 4. The number of ether oxygens (including phenoxy) is 3. The number of hydrogen-bond acceptors (Lipinski definition) is 5. The highest BCUT2D eigenvalue weighted by Gasteiger charge is 2.20. The first-order valence-electron chi connectivity index (χ1n) is 8.55. The van der Waals surface area contributed by atoms with Crippen molar-refractivity contribution in [3.8, 4) is 34.3 Å². The van der Waals surface area contributed by atoms with E-state index in [0.717, 1.165) is 11.3 Å². The van der Waals surface area contributed by atoms with Crippen LogP contribution in [0.2, 0.25) is 0 Å². The van der Waals surface area contributed by atoms with Crippen molar-refractivity contribution in [2.24, 2.45) is 0 Å². The summed E-state index contributed by atoms with van der Waals surface area (Å²) in [6.07, 6.45) is 3.55. The number of benzene rings is 2. The second-order valence-corrected chi connectivity index (χ2v) is 5.95. The highest BCUT2D eigenvalue weighted by atomic mass is 16.6. The molecule has 0 atom stereocenters. The lowest BCUT2D eigenvalue weighted by Crippen LogP contribution is -2.17. The highest BCUT2D eigenvalue weighted by molar-refractivity contribution is 5.94. The summed E-state index contributed by atoms with van der Waals surface area (Å²) in [7, 11) is 3.21.